The Morgan fingerprint density at radius 3 is 2.59 bits per heavy atom. The van der Waals surface area contributed by atoms with Crippen molar-refractivity contribution in [2.75, 3.05) is 11.9 Å². The van der Waals surface area contributed by atoms with Gasteiger partial charge in [0, 0.05) is 6.54 Å². The summed E-state index contributed by atoms with van der Waals surface area (Å²) in [5, 5.41) is 3.07. The van der Waals surface area contributed by atoms with E-state index in [0.29, 0.717) is 23.1 Å². The van der Waals surface area contributed by atoms with Crippen molar-refractivity contribution >= 4 is 21.7 Å². The quantitative estimate of drug-likeness (QED) is 0.757. The minimum absolute atomic E-state index is 0.314. The molecule has 5 nitrogen and oxygen atoms in total. The molecule has 0 saturated heterocycles. The number of nitrogens with one attached hydrogen (secondary N) is 2. The first-order chi connectivity index (χ1) is 10.6. The summed E-state index contributed by atoms with van der Waals surface area (Å²) < 4.78 is 27.3. The second-order valence-electron chi connectivity index (χ2n) is 5.60. The predicted octanol–water partition coefficient (Wildman–Crippen LogP) is 3.28. The number of benzene rings is 1. The summed E-state index contributed by atoms with van der Waals surface area (Å²) in [6.45, 7) is 4.88. The lowest BCUT2D eigenvalue weighted by Gasteiger charge is -2.22. The van der Waals surface area contributed by atoms with E-state index in [1.807, 2.05) is 12.1 Å². The van der Waals surface area contributed by atoms with Gasteiger partial charge in [-0.3, -0.25) is 4.99 Å². The van der Waals surface area contributed by atoms with E-state index in [-0.39, 0.29) is 0 Å². The number of nitrogens with zero attached hydrogens (tertiary/aromatic N) is 1. The van der Waals surface area contributed by atoms with Crippen molar-refractivity contribution in [2.45, 2.75) is 57.3 Å². The summed E-state index contributed by atoms with van der Waals surface area (Å²) in [4.78, 5) is 4.62. The Morgan fingerprint density at radius 2 is 1.86 bits per heavy atom. The minimum atomic E-state index is -3.52. The standard InChI is InChI=1S/C16H25N3O2S/c1-3-5-7-11-17-16-18-14-10-9-13(8-6-4-2)12-15(14)22(20,21)19-16/h9-10,12H,3-8,11H2,1-2H3,(H2,17,18,19). The van der Waals surface area contributed by atoms with E-state index in [1.54, 1.807) is 6.07 Å². The molecule has 1 aliphatic heterocycles. The number of aliphatic imine (C=N–C) groups is 1. The van der Waals surface area contributed by atoms with Gasteiger partial charge in [-0.05, 0) is 37.0 Å². The molecular formula is C16H25N3O2S. The summed E-state index contributed by atoms with van der Waals surface area (Å²) >= 11 is 0. The number of rotatable bonds is 7. The second kappa shape index (κ2) is 7.63. The van der Waals surface area contributed by atoms with Crippen molar-refractivity contribution in [2.24, 2.45) is 4.99 Å². The lowest BCUT2D eigenvalue weighted by atomic mass is 10.1. The number of fused-ring (bicyclic) bond motifs is 1. The van der Waals surface area contributed by atoms with Crippen LogP contribution in [0.2, 0.25) is 0 Å². The fourth-order valence-electron chi connectivity index (χ4n) is 2.39. The van der Waals surface area contributed by atoms with E-state index in [9.17, 15) is 8.42 Å². The molecule has 0 aliphatic carbocycles. The van der Waals surface area contributed by atoms with Crippen LogP contribution in [0.1, 0.15) is 51.5 Å². The van der Waals surface area contributed by atoms with Crippen LogP contribution in [0.25, 0.3) is 0 Å². The molecule has 0 spiro atoms. The van der Waals surface area contributed by atoms with Gasteiger partial charge in [0.1, 0.15) is 4.90 Å². The number of unbranched alkanes of at least 4 members (excludes halogenated alkanes) is 3. The van der Waals surface area contributed by atoms with Crippen LogP contribution in [0.4, 0.5) is 5.69 Å². The minimum Gasteiger partial charge on any atom is -0.324 e. The van der Waals surface area contributed by atoms with E-state index >= 15 is 0 Å². The van der Waals surface area contributed by atoms with Gasteiger partial charge in [0.2, 0.25) is 5.96 Å². The van der Waals surface area contributed by atoms with Crippen LogP contribution in [0, 0.1) is 0 Å². The van der Waals surface area contributed by atoms with Crippen LogP contribution in [0.15, 0.2) is 28.1 Å². The van der Waals surface area contributed by atoms with Gasteiger partial charge < -0.3 is 5.32 Å². The molecule has 0 bridgehead atoms. The molecule has 0 aromatic heterocycles. The molecule has 1 heterocycles. The third kappa shape index (κ3) is 4.22. The lowest BCUT2D eigenvalue weighted by Crippen LogP contribution is -2.40. The Hall–Kier alpha value is -1.56. The van der Waals surface area contributed by atoms with E-state index in [2.05, 4.69) is 28.9 Å². The van der Waals surface area contributed by atoms with Crippen molar-refractivity contribution < 1.29 is 8.42 Å². The summed E-state index contributed by atoms with van der Waals surface area (Å²) in [7, 11) is -3.52. The molecule has 0 fully saturated rings. The van der Waals surface area contributed by atoms with Crippen LogP contribution in [0.5, 0.6) is 0 Å². The molecule has 2 rings (SSSR count). The van der Waals surface area contributed by atoms with Crippen molar-refractivity contribution in [3.05, 3.63) is 23.8 Å². The first-order valence-corrected chi connectivity index (χ1v) is 9.52. The molecule has 1 aromatic carbocycles. The number of guanidine groups is 1. The van der Waals surface area contributed by atoms with Crippen molar-refractivity contribution in [3.63, 3.8) is 0 Å². The van der Waals surface area contributed by atoms with Gasteiger partial charge in [-0.1, -0.05) is 39.2 Å². The summed E-state index contributed by atoms with van der Waals surface area (Å²) in [6.07, 6.45) is 6.23. The molecule has 6 heteroatoms. The third-order valence-corrected chi connectivity index (χ3v) is 5.05. The molecule has 0 amide bonds. The maximum Gasteiger partial charge on any atom is 0.266 e. The van der Waals surface area contributed by atoms with Gasteiger partial charge >= 0.3 is 0 Å². The number of hydrogen-bond acceptors (Lipinski definition) is 3. The van der Waals surface area contributed by atoms with Crippen LogP contribution in [-0.2, 0) is 16.4 Å². The highest BCUT2D eigenvalue weighted by molar-refractivity contribution is 7.90. The fourth-order valence-corrected chi connectivity index (χ4v) is 3.58. The predicted molar refractivity (Wildman–Crippen MR) is 90.8 cm³/mol. The Bertz CT molecular complexity index is 639. The Balaban J connectivity index is 2.17. The van der Waals surface area contributed by atoms with Crippen LogP contribution in [0.3, 0.4) is 0 Å². The van der Waals surface area contributed by atoms with Gasteiger partial charge in [-0.2, -0.15) is 0 Å². The first-order valence-electron chi connectivity index (χ1n) is 8.04. The van der Waals surface area contributed by atoms with Crippen LogP contribution >= 0.6 is 0 Å². The van der Waals surface area contributed by atoms with Gasteiger partial charge in [-0.25, -0.2) is 13.1 Å². The molecule has 122 valence electrons. The molecule has 0 radical (unpaired) electrons. The average molecular weight is 323 g/mol. The van der Waals surface area contributed by atoms with Crippen molar-refractivity contribution in [1.82, 2.24) is 4.72 Å². The number of anilines is 1. The number of sulfonamides is 1. The molecule has 0 unspecified atom stereocenters. The Labute approximate surface area is 133 Å². The van der Waals surface area contributed by atoms with Crippen molar-refractivity contribution in [1.29, 1.82) is 0 Å². The van der Waals surface area contributed by atoms with Crippen LogP contribution in [-0.4, -0.2) is 20.9 Å². The molecule has 2 N–H and O–H groups in total. The van der Waals surface area contributed by atoms with E-state index in [1.165, 1.54) is 0 Å². The molecule has 0 saturated carbocycles. The second-order valence-corrected chi connectivity index (χ2v) is 7.25. The zero-order valence-electron chi connectivity index (χ0n) is 13.4. The largest absolute Gasteiger partial charge is 0.324 e. The van der Waals surface area contributed by atoms with Crippen molar-refractivity contribution in [3.8, 4) is 0 Å². The summed E-state index contributed by atoms with van der Waals surface area (Å²) in [5.74, 6) is 0.324. The van der Waals surface area contributed by atoms with Gasteiger partial charge in [-0.15, -0.1) is 0 Å². The van der Waals surface area contributed by atoms with E-state index in [0.717, 1.165) is 44.1 Å². The maximum atomic E-state index is 12.4. The van der Waals surface area contributed by atoms with E-state index < -0.39 is 10.0 Å². The topological polar surface area (TPSA) is 70.6 Å². The first kappa shape index (κ1) is 16.8. The Morgan fingerprint density at radius 1 is 1.09 bits per heavy atom. The lowest BCUT2D eigenvalue weighted by molar-refractivity contribution is 0.591. The summed E-state index contributed by atoms with van der Waals surface area (Å²) in [6, 6.07) is 5.57. The van der Waals surface area contributed by atoms with Crippen LogP contribution < -0.4 is 10.0 Å². The average Bonchev–Trinajstić information content (AvgIpc) is 2.49. The highest BCUT2D eigenvalue weighted by Gasteiger charge is 2.26. The Kier molecular flexibility index (Phi) is 5.83. The zero-order chi connectivity index (χ0) is 16.0. The highest BCUT2D eigenvalue weighted by atomic mass is 32.2. The number of aryl methyl sites for hydroxylation is 1. The van der Waals surface area contributed by atoms with Gasteiger partial charge in [0.25, 0.3) is 10.0 Å². The normalized spacial score (nSPS) is 17.6. The molecule has 22 heavy (non-hydrogen) atoms. The fraction of sp³-hybridized carbons (Fsp3) is 0.562. The van der Waals surface area contributed by atoms with Gasteiger partial charge in [0.15, 0.2) is 0 Å². The molecular weight excluding hydrogens is 298 g/mol. The molecule has 1 aliphatic rings. The summed E-state index contributed by atoms with van der Waals surface area (Å²) in [5.41, 5.74) is 1.66. The van der Waals surface area contributed by atoms with Gasteiger partial charge in [0.05, 0.1) is 5.69 Å². The number of hydrogen-bond donors (Lipinski definition) is 2. The third-order valence-electron chi connectivity index (χ3n) is 3.67. The monoisotopic (exact) mass is 323 g/mol. The molecule has 1 aromatic rings. The highest BCUT2D eigenvalue weighted by Crippen LogP contribution is 2.26. The zero-order valence-corrected chi connectivity index (χ0v) is 14.2. The SMILES string of the molecule is CCCCCN=C1Nc2ccc(CCCC)cc2S(=O)(=O)N1. The smallest absolute Gasteiger partial charge is 0.266 e. The molecule has 0 atom stereocenters. The maximum absolute atomic E-state index is 12.4. The van der Waals surface area contributed by atoms with E-state index in [4.69, 9.17) is 0 Å².